The van der Waals surface area contributed by atoms with Crippen LogP contribution in [0.4, 0.5) is 0 Å². The molecule has 3 heterocycles. The summed E-state index contributed by atoms with van der Waals surface area (Å²) in [6.07, 6.45) is 9.95. The SMILES string of the molecule is Cn1cnc2c1C(COCC1CCOCC1)CN(CC1CCCC1)C2. The van der Waals surface area contributed by atoms with Crippen molar-refractivity contribution in [2.75, 3.05) is 39.5 Å². The van der Waals surface area contributed by atoms with E-state index in [9.17, 15) is 0 Å². The number of nitrogens with zero attached hydrogens (tertiary/aromatic N) is 3. The predicted octanol–water partition coefficient (Wildman–Crippen LogP) is 2.95. The molecule has 0 amide bonds. The summed E-state index contributed by atoms with van der Waals surface area (Å²) in [5, 5.41) is 0. The Labute approximate surface area is 151 Å². The van der Waals surface area contributed by atoms with Crippen LogP contribution in [0.1, 0.15) is 55.8 Å². The lowest BCUT2D eigenvalue weighted by molar-refractivity contribution is 0.0125. The lowest BCUT2D eigenvalue weighted by Crippen LogP contribution is -2.39. The van der Waals surface area contributed by atoms with Crippen LogP contribution in [-0.2, 0) is 23.1 Å². The Morgan fingerprint density at radius 2 is 1.92 bits per heavy atom. The van der Waals surface area contributed by atoms with Crippen molar-refractivity contribution in [1.82, 2.24) is 14.5 Å². The average Bonchev–Trinajstić information content (AvgIpc) is 3.26. The monoisotopic (exact) mass is 347 g/mol. The molecule has 25 heavy (non-hydrogen) atoms. The van der Waals surface area contributed by atoms with Gasteiger partial charge in [0.15, 0.2) is 0 Å². The molecule has 1 saturated carbocycles. The molecular weight excluding hydrogens is 314 g/mol. The molecule has 2 fully saturated rings. The highest BCUT2D eigenvalue weighted by Crippen LogP contribution is 2.31. The third-order valence-electron chi connectivity index (χ3n) is 6.31. The van der Waals surface area contributed by atoms with Crippen LogP contribution in [-0.4, -0.2) is 54.0 Å². The highest BCUT2D eigenvalue weighted by Gasteiger charge is 2.31. The van der Waals surface area contributed by atoms with E-state index in [2.05, 4.69) is 21.5 Å². The maximum Gasteiger partial charge on any atom is 0.0949 e. The molecule has 0 spiro atoms. The van der Waals surface area contributed by atoms with E-state index in [1.165, 1.54) is 43.6 Å². The van der Waals surface area contributed by atoms with Crippen LogP contribution in [0.3, 0.4) is 0 Å². The summed E-state index contributed by atoms with van der Waals surface area (Å²) in [6, 6.07) is 0. The minimum absolute atomic E-state index is 0.456. The number of imidazole rings is 1. The molecule has 0 bridgehead atoms. The van der Waals surface area contributed by atoms with Gasteiger partial charge >= 0.3 is 0 Å². The lowest BCUT2D eigenvalue weighted by atomic mass is 9.97. The van der Waals surface area contributed by atoms with Crippen molar-refractivity contribution >= 4 is 0 Å². The predicted molar refractivity (Wildman–Crippen MR) is 97.5 cm³/mol. The van der Waals surface area contributed by atoms with E-state index in [4.69, 9.17) is 9.47 Å². The lowest BCUT2D eigenvalue weighted by Gasteiger charge is -2.34. The first-order chi connectivity index (χ1) is 12.3. The molecule has 1 aromatic rings. The number of fused-ring (bicyclic) bond motifs is 1. The summed E-state index contributed by atoms with van der Waals surface area (Å²) in [5.41, 5.74) is 2.67. The second-order valence-corrected chi connectivity index (χ2v) is 8.32. The fourth-order valence-electron chi connectivity index (χ4n) is 4.93. The van der Waals surface area contributed by atoms with Gasteiger partial charge in [-0.25, -0.2) is 4.98 Å². The van der Waals surface area contributed by atoms with Crippen LogP contribution in [0.5, 0.6) is 0 Å². The van der Waals surface area contributed by atoms with Gasteiger partial charge in [0.1, 0.15) is 0 Å². The highest BCUT2D eigenvalue weighted by atomic mass is 16.5. The molecule has 1 aromatic heterocycles. The summed E-state index contributed by atoms with van der Waals surface area (Å²) in [5.74, 6) is 2.03. The van der Waals surface area contributed by atoms with Gasteiger partial charge < -0.3 is 14.0 Å². The van der Waals surface area contributed by atoms with Crippen molar-refractivity contribution < 1.29 is 9.47 Å². The van der Waals surface area contributed by atoms with Gasteiger partial charge in [0.25, 0.3) is 0 Å². The normalized spacial score (nSPS) is 26.2. The first kappa shape index (κ1) is 17.5. The van der Waals surface area contributed by atoms with Crippen LogP contribution in [0, 0.1) is 11.8 Å². The first-order valence-electron chi connectivity index (χ1n) is 10.2. The molecule has 0 aromatic carbocycles. The zero-order valence-electron chi connectivity index (χ0n) is 15.7. The van der Waals surface area contributed by atoms with Gasteiger partial charge in [0.05, 0.1) is 18.6 Å². The fourth-order valence-corrected chi connectivity index (χ4v) is 4.93. The molecular formula is C20H33N3O2. The van der Waals surface area contributed by atoms with Crippen molar-refractivity contribution in [3.63, 3.8) is 0 Å². The zero-order chi connectivity index (χ0) is 17.1. The van der Waals surface area contributed by atoms with Crippen molar-refractivity contribution in [2.24, 2.45) is 18.9 Å². The minimum atomic E-state index is 0.456. The van der Waals surface area contributed by atoms with Crippen molar-refractivity contribution in [1.29, 1.82) is 0 Å². The topological polar surface area (TPSA) is 39.5 Å². The van der Waals surface area contributed by atoms with Crippen LogP contribution in [0.25, 0.3) is 0 Å². The molecule has 5 heteroatoms. The second kappa shape index (κ2) is 8.19. The van der Waals surface area contributed by atoms with Crippen LogP contribution >= 0.6 is 0 Å². The fraction of sp³-hybridized carbons (Fsp3) is 0.850. The van der Waals surface area contributed by atoms with Gasteiger partial charge in [-0.3, -0.25) is 4.90 Å². The van der Waals surface area contributed by atoms with E-state index in [0.717, 1.165) is 58.3 Å². The smallest absolute Gasteiger partial charge is 0.0949 e. The number of aromatic nitrogens is 2. The van der Waals surface area contributed by atoms with E-state index < -0.39 is 0 Å². The standard InChI is InChI=1S/C20H33N3O2/c1-22-15-21-19-12-23(10-16-4-2-3-5-16)11-18(20(19)22)14-25-13-17-6-8-24-9-7-17/h15-18H,2-14H2,1H3. The molecule has 5 nitrogen and oxygen atoms in total. The summed E-state index contributed by atoms with van der Waals surface area (Å²) in [7, 11) is 2.13. The molecule has 0 N–H and O–H groups in total. The number of rotatable bonds is 6. The van der Waals surface area contributed by atoms with Gasteiger partial charge in [0.2, 0.25) is 0 Å². The molecule has 1 unspecified atom stereocenters. The molecule has 4 rings (SSSR count). The number of aryl methyl sites for hydroxylation is 1. The largest absolute Gasteiger partial charge is 0.381 e. The van der Waals surface area contributed by atoms with Crippen LogP contribution < -0.4 is 0 Å². The molecule has 140 valence electrons. The summed E-state index contributed by atoms with van der Waals surface area (Å²) in [4.78, 5) is 7.31. The van der Waals surface area contributed by atoms with Gasteiger partial charge in [-0.05, 0) is 37.5 Å². The van der Waals surface area contributed by atoms with Crippen LogP contribution in [0.15, 0.2) is 6.33 Å². The van der Waals surface area contributed by atoms with Gasteiger partial charge in [0, 0.05) is 58.1 Å². The Morgan fingerprint density at radius 3 is 2.72 bits per heavy atom. The maximum atomic E-state index is 6.19. The minimum Gasteiger partial charge on any atom is -0.381 e. The molecule has 1 atom stereocenters. The summed E-state index contributed by atoms with van der Waals surface area (Å²) < 4.78 is 13.9. The molecule has 1 saturated heterocycles. The Morgan fingerprint density at radius 1 is 1.12 bits per heavy atom. The van der Waals surface area contributed by atoms with Crippen molar-refractivity contribution in [2.45, 2.75) is 51.0 Å². The number of hydrogen-bond donors (Lipinski definition) is 0. The Kier molecular flexibility index (Phi) is 5.73. The van der Waals surface area contributed by atoms with E-state index in [0.29, 0.717) is 11.8 Å². The molecule has 0 radical (unpaired) electrons. The summed E-state index contributed by atoms with van der Waals surface area (Å²) in [6.45, 7) is 6.89. The molecule has 2 aliphatic heterocycles. The van der Waals surface area contributed by atoms with Gasteiger partial charge in [-0.15, -0.1) is 0 Å². The quantitative estimate of drug-likeness (QED) is 0.793. The van der Waals surface area contributed by atoms with E-state index >= 15 is 0 Å². The Bertz CT molecular complexity index is 547. The summed E-state index contributed by atoms with van der Waals surface area (Å²) >= 11 is 0. The maximum absolute atomic E-state index is 6.19. The molecule has 3 aliphatic rings. The third-order valence-corrected chi connectivity index (χ3v) is 6.31. The zero-order valence-corrected chi connectivity index (χ0v) is 15.7. The highest BCUT2D eigenvalue weighted by molar-refractivity contribution is 5.21. The average molecular weight is 348 g/mol. The van der Waals surface area contributed by atoms with E-state index in [1.54, 1.807) is 0 Å². The van der Waals surface area contributed by atoms with Crippen molar-refractivity contribution in [3.8, 4) is 0 Å². The molecule has 1 aliphatic carbocycles. The van der Waals surface area contributed by atoms with Crippen LogP contribution in [0.2, 0.25) is 0 Å². The van der Waals surface area contributed by atoms with Crippen molar-refractivity contribution in [3.05, 3.63) is 17.7 Å². The Hall–Kier alpha value is -0.910. The first-order valence-corrected chi connectivity index (χ1v) is 10.2. The van der Waals surface area contributed by atoms with Gasteiger partial charge in [-0.2, -0.15) is 0 Å². The van der Waals surface area contributed by atoms with E-state index in [-0.39, 0.29) is 0 Å². The number of ether oxygens (including phenoxy) is 2. The third kappa shape index (κ3) is 4.26. The number of hydrogen-bond acceptors (Lipinski definition) is 4. The van der Waals surface area contributed by atoms with Gasteiger partial charge in [-0.1, -0.05) is 12.8 Å². The Balaban J connectivity index is 1.35. The van der Waals surface area contributed by atoms with E-state index in [1.807, 2.05) is 6.33 Å². The second-order valence-electron chi connectivity index (χ2n) is 8.32.